The van der Waals surface area contributed by atoms with E-state index in [2.05, 4.69) is 9.97 Å². The smallest absolute Gasteiger partial charge is 0.388 e. The molecule has 4 heterocycles. The lowest BCUT2D eigenvalue weighted by Crippen LogP contribution is -2.46. The Hall–Kier alpha value is -3.25. The largest absolute Gasteiger partial charge is 0.408 e. The number of hydrogen-bond acceptors (Lipinski definition) is 6. The molecule has 1 saturated heterocycles. The number of alkyl halides is 3. The number of amides is 1. The van der Waals surface area contributed by atoms with Gasteiger partial charge >= 0.3 is 6.18 Å². The van der Waals surface area contributed by atoms with Crippen LogP contribution in [0.15, 0.2) is 35.4 Å². The molecule has 192 valence electrons. The summed E-state index contributed by atoms with van der Waals surface area (Å²) in [5, 5.41) is 11.9. The number of nitrogens with one attached hydrogen (secondary N) is 1. The second-order valence-corrected chi connectivity index (χ2v) is 9.29. The topological polar surface area (TPSA) is 100 Å². The van der Waals surface area contributed by atoms with Crippen LogP contribution >= 0.6 is 11.6 Å². The number of hydrogen-bond donors (Lipinski definition) is 2. The molecule has 0 radical (unpaired) electrons. The monoisotopic (exact) mass is 527 g/mol. The quantitative estimate of drug-likeness (QED) is 0.492. The molecule has 0 saturated carbocycles. The van der Waals surface area contributed by atoms with E-state index in [-0.39, 0.29) is 28.4 Å². The number of fused-ring (bicyclic) bond motifs is 1. The summed E-state index contributed by atoms with van der Waals surface area (Å²) in [5.41, 5.74) is -2.37. The maximum Gasteiger partial charge on any atom is 0.408 e. The van der Waals surface area contributed by atoms with Crippen LogP contribution in [-0.4, -0.2) is 56.5 Å². The van der Waals surface area contributed by atoms with Crippen molar-refractivity contribution in [2.75, 3.05) is 18.0 Å². The molecule has 1 amide bonds. The molecule has 0 bridgehead atoms. The maximum atomic E-state index is 13.7. The summed E-state index contributed by atoms with van der Waals surface area (Å²) in [6.07, 6.45) is -2.81. The normalized spacial score (nSPS) is 19.1. The van der Waals surface area contributed by atoms with Crippen LogP contribution in [-0.2, 0) is 0 Å². The fourth-order valence-electron chi connectivity index (χ4n) is 4.07. The number of rotatable bonds is 5. The molecule has 2 atom stereocenters. The number of β-amino-alcohol motifs (C(OH)–C–C–N with tert-alkyl or cyclic N) is 1. The number of anilines is 1. The van der Waals surface area contributed by atoms with E-state index in [9.17, 15) is 32.3 Å². The lowest BCUT2D eigenvalue weighted by molar-refractivity contribution is -0.153. The molecule has 13 heteroatoms. The highest BCUT2D eigenvalue weighted by atomic mass is 35.5. The van der Waals surface area contributed by atoms with Gasteiger partial charge in [0.1, 0.15) is 23.2 Å². The Bertz CT molecular complexity index is 1390. The van der Waals surface area contributed by atoms with E-state index in [0.717, 1.165) is 18.5 Å². The minimum absolute atomic E-state index is 0.00413. The Morgan fingerprint density at radius 3 is 2.67 bits per heavy atom. The molecule has 1 aliphatic rings. The van der Waals surface area contributed by atoms with Crippen molar-refractivity contribution in [2.24, 2.45) is 0 Å². The Morgan fingerprint density at radius 2 is 2.08 bits per heavy atom. The van der Waals surface area contributed by atoms with Crippen LogP contribution in [0.4, 0.5) is 23.4 Å². The Morgan fingerprint density at radius 1 is 1.36 bits per heavy atom. The van der Waals surface area contributed by atoms with Crippen LogP contribution < -0.4 is 15.6 Å². The summed E-state index contributed by atoms with van der Waals surface area (Å²) in [4.78, 5) is 36.2. The average Bonchev–Trinajstić information content (AvgIpc) is 3.16. The average molecular weight is 528 g/mol. The third-order valence-corrected chi connectivity index (χ3v) is 6.26. The summed E-state index contributed by atoms with van der Waals surface area (Å²) in [6.45, 7) is 3.70. The van der Waals surface area contributed by atoms with Crippen LogP contribution in [0.25, 0.3) is 16.9 Å². The summed E-state index contributed by atoms with van der Waals surface area (Å²) >= 11 is 6.19. The van der Waals surface area contributed by atoms with Gasteiger partial charge in [0.2, 0.25) is 5.43 Å². The van der Waals surface area contributed by atoms with Gasteiger partial charge in [0.25, 0.3) is 5.91 Å². The highest BCUT2D eigenvalue weighted by molar-refractivity contribution is 6.32. The first-order valence-electron chi connectivity index (χ1n) is 11.0. The fourth-order valence-corrected chi connectivity index (χ4v) is 4.31. The van der Waals surface area contributed by atoms with E-state index in [1.54, 1.807) is 11.8 Å². The third kappa shape index (κ3) is 5.00. The minimum Gasteiger partial charge on any atom is -0.388 e. The van der Waals surface area contributed by atoms with Gasteiger partial charge in [0.15, 0.2) is 11.5 Å². The minimum atomic E-state index is -4.71. The SMILES string of the molecule is CC[C@@H](NC(=O)c1cn(-c2ncc(F)cc2Cl)c2nc(N3CCC(C)(O)C3)ccc2c1=O)C(F)(F)F. The first kappa shape index (κ1) is 25.8. The highest BCUT2D eigenvalue weighted by Crippen LogP contribution is 2.28. The molecule has 2 N–H and O–H groups in total. The zero-order valence-electron chi connectivity index (χ0n) is 19.2. The predicted molar refractivity (Wildman–Crippen MR) is 125 cm³/mol. The molecular formula is C23H22ClF4N5O3. The van der Waals surface area contributed by atoms with Gasteiger partial charge in [0.05, 0.1) is 22.2 Å². The predicted octanol–water partition coefficient (Wildman–Crippen LogP) is 3.61. The molecule has 36 heavy (non-hydrogen) atoms. The lowest BCUT2D eigenvalue weighted by Gasteiger charge is -2.22. The number of carbonyl (C=O) groups excluding carboxylic acids is 1. The summed E-state index contributed by atoms with van der Waals surface area (Å²) in [5.74, 6) is -1.65. The van der Waals surface area contributed by atoms with E-state index < -0.39 is 47.0 Å². The van der Waals surface area contributed by atoms with Crippen molar-refractivity contribution in [1.29, 1.82) is 0 Å². The fraction of sp³-hybridized carbons (Fsp3) is 0.391. The van der Waals surface area contributed by atoms with Gasteiger partial charge in [-0.05, 0) is 38.0 Å². The van der Waals surface area contributed by atoms with Gasteiger partial charge in [-0.3, -0.25) is 14.2 Å². The molecule has 1 fully saturated rings. The molecule has 1 unspecified atom stereocenters. The van der Waals surface area contributed by atoms with Crippen LogP contribution in [0.2, 0.25) is 5.02 Å². The number of pyridine rings is 3. The van der Waals surface area contributed by atoms with Gasteiger partial charge in [-0.2, -0.15) is 13.2 Å². The van der Waals surface area contributed by atoms with Gasteiger partial charge < -0.3 is 15.3 Å². The van der Waals surface area contributed by atoms with E-state index >= 15 is 0 Å². The van der Waals surface area contributed by atoms with Crippen molar-refractivity contribution in [2.45, 2.75) is 44.5 Å². The second-order valence-electron chi connectivity index (χ2n) is 8.89. The zero-order chi connectivity index (χ0) is 26.4. The molecule has 0 spiro atoms. The van der Waals surface area contributed by atoms with Crippen molar-refractivity contribution in [1.82, 2.24) is 19.9 Å². The van der Waals surface area contributed by atoms with Crippen LogP contribution in [0.3, 0.4) is 0 Å². The molecule has 4 rings (SSSR count). The summed E-state index contributed by atoms with van der Waals surface area (Å²) in [7, 11) is 0. The maximum absolute atomic E-state index is 13.7. The number of aliphatic hydroxyl groups is 1. The Labute approximate surface area is 207 Å². The zero-order valence-corrected chi connectivity index (χ0v) is 20.0. The van der Waals surface area contributed by atoms with Gasteiger partial charge in [-0.25, -0.2) is 14.4 Å². The van der Waals surface area contributed by atoms with E-state index in [1.165, 1.54) is 23.6 Å². The molecule has 3 aromatic rings. The van der Waals surface area contributed by atoms with E-state index in [4.69, 9.17) is 11.6 Å². The Balaban J connectivity index is 1.90. The number of carbonyl (C=O) groups is 1. The van der Waals surface area contributed by atoms with Crippen LogP contribution in [0.5, 0.6) is 0 Å². The van der Waals surface area contributed by atoms with Crippen molar-refractivity contribution < 1.29 is 27.5 Å². The molecule has 1 aliphatic heterocycles. The molecule has 0 aromatic carbocycles. The summed E-state index contributed by atoms with van der Waals surface area (Å²) < 4.78 is 54.5. The van der Waals surface area contributed by atoms with Crippen molar-refractivity contribution in [3.05, 3.63) is 57.2 Å². The first-order chi connectivity index (χ1) is 16.8. The molecule has 8 nitrogen and oxygen atoms in total. The summed E-state index contributed by atoms with van der Waals surface area (Å²) in [6, 6.07) is 1.70. The number of halogens is 5. The van der Waals surface area contributed by atoms with Crippen molar-refractivity contribution >= 4 is 34.4 Å². The standard InChI is InChI=1S/C23H22ClF4N5O3/c1-3-16(23(26,27)28)30-21(35)14-10-33(20-15(24)8-12(25)9-29-20)19-13(18(14)34)4-5-17(31-19)32-7-6-22(2,36)11-32/h4-5,8-10,16,36H,3,6-7,11H2,1-2H3,(H,30,35)/t16-,22?/m1/s1. The third-order valence-electron chi connectivity index (χ3n) is 5.98. The molecular weight excluding hydrogens is 506 g/mol. The van der Waals surface area contributed by atoms with E-state index in [0.29, 0.717) is 18.8 Å². The second kappa shape index (κ2) is 9.32. The first-order valence-corrected chi connectivity index (χ1v) is 11.4. The van der Waals surface area contributed by atoms with Crippen molar-refractivity contribution in [3.8, 4) is 5.82 Å². The van der Waals surface area contributed by atoms with Crippen LogP contribution in [0, 0.1) is 5.82 Å². The number of aromatic nitrogens is 3. The Kier molecular flexibility index (Phi) is 6.69. The van der Waals surface area contributed by atoms with Gasteiger partial charge in [-0.15, -0.1) is 0 Å². The molecule has 3 aromatic heterocycles. The molecule has 0 aliphatic carbocycles. The lowest BCUT2D eigenvalue weighted by atomic mass is 10.1. The van der Waals surface area contributed by atoms with Crippen LogP contribution in [0.1, 0.15) is 37.0 Å². The van der Waals surface area contributed by atoms with Gasteiger partial charge in [-0.1, -0.05) is 18.5 Å². The van der Waals surface area contributed by atoms with Gasteiger partial charge in [0, 0.05) is 19.3 Å². The number of nitrogens with zero attached hydrogens (tertiary/aromatic N) is 4. The van der Waals surface area contributed by atoms with Crippen molar-refractivity contribution in [3.63, 3.8) is 0 Å². The van der Waals surface area contributed by atoms with E-state index in [1.807, 2.05) is 5.32 Å². The highest BCUT2D eigenvalue weighted by Gasteiger charge is 2.40.